The number of nitrogens with zero attached hydrogens (tertiary/aromatic N) is 3. The normalized spacial score (nSPS) is 10.3. The van der Waals surface area contributed by atoms with Crippen LogP contribution in [0.5, 0.6) is 0 Å². The van der Waals surface area contributed by atoms with Crippen LogP contribution in [0.3, 0.4) is 0 Å². The highest BCUT2D eigenvalue weighted by atomic mass is 35.5. The van der Waals surface area contributed by atoms with Crippen molar-refractivity contribution in [3.8, 4) is 16.8 Å². The molecule has 0 saturated heterocycles. The van der Waals surface area contributed by atoms with E-state index in [-0.39, 0.29) is 18.3 Å². The number of amides is 1. The molecule has 1 amide bonds. The molecule has 0 radical (unpaired) electrons. The van der Waals surface area contributed by atoms with Crippen LogP contribution in [0.15, 0.2) is 54.6 Å². The first-order valence-corrected chi connectivity index (χ1v) is 8.77. The Labute approximate surface area is 165 Å². The summed E-state index contributed by atoms with van der Waals surface area (Å²) in [4.78, 5) is 12.3. The smallest absolute Gasteiger partial charge is 0.273 e. The van der Waals surface area contributed by atoms with Crippen LogP contribution in [0.25, 0.3) is 16.8 Å². The number of carbonyl (C=O) groups excluding carboxylic acids is 1. The van der Waals surface area contributed by atoms with Crippen LogP contribution < -0.4 is 11.1 Å². The topological polar surface area (TPSA) is 85.8 Å². The molecule has 7 heteroatoms. The number of nitrogens with two attached hydrogens (primary N) is 1. The fourth-order valence-corrected chi connectivity index (χ4v) is 2.76. The monoisotopic (exact) mass is 385 g/mol. The molecule has 0 atom stereocenters. The van der Waals surface area contributed by atoms with E-state index in [1.807, 2.05) is 49.4 Å². The van der Waals surface area contributed by atoms with Crippen LogP contribution in [0, 0.1) is 6.92 Å². The van der Waals surface area contributed by atoms with Gasteiger partial charge in [0.15, 0.2) is 5.69 Å². The largest absolute Gasteiger partial charge is 0.351 e. The van der Waals surface area contributed by atoms with Crippen molar-refractivity contribution in [1.82, 2.24) is 20.3 Å². The molecule has 6 nitrogen and oxygen atoms in total. The Kier molecular flexibility index (Phi) is 7.52. The van der Waals surface area contributed by atoms with E-state index in [0.717, 1.165) is 29.7 Å². The van der Waals surface area contributed by atoms with Gasteiger partial charge in [0.05, 0.1) is 11.4 Å². The summed E-state index contributed by atoms with van der Waals surface area (Å²) in [6.07, 6.45) is 1.75. The van der Waals surface area contributed by atoms with E-state index in [2.05, 4.69) is 27.8 Å². The van der Waals surface area contributed by atoms with Crippen LogP contribution >= 0.6 is 12.4 Å². The highest BCUT2D eigenvalue weighted by Crippen LogP contribution is 2.21. The van der Waals surface area contributed by atoms with Gasteiger partial charge in [-0.15, -0.1) is 17.5 Å². The molecule has 3 N–H and O–H groups in total. The van der Waals surface area contributed by atoms with Crippen molar-refractivity contribution in [3.05, 3.63) is 66.0 Å². The third-order valence-corrected chi connectivity index (χ3v) is 4.25. The molecule has 0 spiro atoms. The van der Waals surface area contributed by atoms with Gasteiger partial charge in [-0.3, -0.25) is 4.79 Å². The van der Waals surface area contributed by atoms with Gasteiger partial charge in [-0.2, -0.15) is 0 Å². The third kappa shape index (κ3) is 4.93. The zero-order valence-corrected chi connectivity index (χ0v) is 16.1. The van der Waals surface area contributed by atoms with E-state index in [1.165, 1.54) is 0 Å². The number of halogens is 1. The highest BCUT2D eigenvalue weighted by Gasteiger charge is 2.16. The van der Waals surface area contributed by atoms with Crippen molar-refractivity contribution in [1.29, 1.82) is 0 Å². The molecule has 1 heterocycles. The Morgan fingerprint density at radius 2 is 1.70 bits per heavy atom. The number of nitrogens with one attached hydrogen (secondary N) is 1. The Morgan fingerprint density at radius 1 is 1.04 bits per heavy atom. The first kappa shape index (κ1) is 20.6. The first-order valence-electron chi connectivity index (χ1n) is 8.77. The highest BCUT2D eigenvalue weighted by molar-refractivity contribution is 5.93. The number of benzene rings is 2. The van der Waals surface area contributed by atoms with Gasteiger partial charge in [0.25, 0.3) is 5.91 Å². The molecule has 0 saturated carbocycles. The van der Waals surface area contributed by atoms with Gasteiger partial charge in [-0.25, -0.2) is 4.68 Å². The minimum Gasteiger partial charge on any atom is -0.351 e. The molecule has 0 aliphatic rings. The molecular weight excluding hydrogens is 362 g/mol. The summed E-state index contributed by atoms with van der Waals surface area (Å²) >= 11 is 0. The molecule has 27 heavy (non-hydrogen) atoms. The van der Waals surface area contributed by atoms with E-state index in [1.54, 1.807) is 4.68 Å². The van der Waals surface area contributed by atoms with Crippen LogP contribution in [0.1, 0.15) is 29.0 Å². The quantitative estimate of drug-likeness (QED) is 0.612. The van der Waals surface area contributed by atoms with Crippen LogP contribution in [-0.4, -0.2) is 34.0 Å². The molecule has 1 aromatic heterocycles. The molecule has 0 aliphatic carbocycles. The predicted molar refractivity (Wildman–Crippen MR) is 109 cm³/mol. The Bertz CT molecular complexity index is 862. The van der Waals surface area contributed by atoms with Gasteiger partial charge in [0.1, 0.15) is 0 Å². The number of unbranched alkanes of at least 4 members (excludes halogenated alkanes) is 1. The van der Waals surface area contributed by atoms with E-state index in [4.69, 9.17) is 5.73 Å². The maximum absolute atomic E-state index is 12.3. The molecule has 3 aromatic rings. The van der Waals surface area contributed by atoms with Crippen molar-refractivity contribution in [2.75, 3.05) is 13.1 Å². The van der Waals surface area contributed by atoms with Crippen LogP contribution in [-0.2, 0) is 0 Å². The van der Waals surface area contributed by atoms with Crippen molar-refractivity contribution in [2.45, 2.75) is 19.8 Å². The second kappa shape index (κ2) is 9.85. The minimum atomic E-state index is -0.202. The second-order valence-corrected chi connectivity index (χ2v) is 6.10. The van der Waals surface area contributed by atoms with Crippen molar-refractivity contribution >= 4 is 18.3 Å². The molecule has 2 aromatic carbocycles. The lowest BCUT2D eigenvalue weighted by molar-refractivity contribution is 0.0947. The van der Waals surface area contributed by atoms with Crippen molar-refractivity contribution in [2.24, 2.45) is 5.73 Å². The van der Waals surface area contributed by atoms with Gasteiger partial charge < -0.3 is 11.1 Å². The summed E-state index contributed by atoms with van der Waals surface area (Å²) in [6.45, 7) is 3.07. The average molecular weight is 386 g/mol. The molecule has 0 fully saturated rings. The Morgan fingerprint density at radius 3 is 2.37 bits per heavy atom. The summed E-state index contributed by atoms with van der Waals surface area (Å²) in [6, 6.07) is 18.2. The Balaban J connectivity index is 0.00000261. The zero-order valence-electron chi connectivity index (χ0n) is 15.3. The average Bonchev–Trinajstić information content (AvgIpc) is 3.07. The Hall–Kier alpha value is -2.70. The van der Waals surface area contributed by atoms with Gasteiger partial charge in [0.2, 0.25) is 0 Å². The molecule has 0 unspecified atom stereocenters. The van der Waals surface area contributed by atoms with Crippen molar-refractivity contribution in [3.63, 3.8) is 0 Å². The van der Waals surface area contributed by atoms with E-state index in [0.29, 0.717) is 24.5 Å². The van der Waals surface area contributed by atoms with Crippen molar-refractivity contribution < 1.29 is 4.79 Å². The summed E-state index contributed by atoms with van der Waals surface area (Å²) in [7, 11) is 0. The maximum Gasteiger partial charge on any atom is 0.273 e. The summed E-state index contributed by atoms with van der Waals surface area (Å²) in [5.41, 5.74) is 9.69. The van der Waals surface area contributed by atoms with E-state index in [9.17, 15) is 4.79 Å². The summed E-state index contributed by atoms with van der Waals surface area (Å²) in [5, 5.41) is 11.0. The molecule has 142 valence electrons. The van der Waals surface area contributed by atoms with Gasteiger partial charge >= 0.3 is 0 Å². The fourth-order valence-electron chi connectivity index (χ4n) is 2.76. The lowest BCUT2D eigenvalue weighted by atomic mass is 10.1. The summed E-state index contributed by atoms with van der Waals surface area (Å²) < 4.78 is 1.68. The number of rotatable bonds is 7. The predicted octanol–water partition coefficient (Wildman–Crippen LogP) is 3.13. The number of aromatic nitrogens is 3. The lowest BCUT2D eigenvalue weighted by Crippen LogP contribution is -2.26. The molecule has 3 rings (SSSR count). The van der Waals surface area contributed by atoms with E-state index >= 15 is 0 Å². The fraction of sp³-hybridized carbons (Fsp3) is 0.250. The molecular formula is C20H24ClN5O. The second-order valence-electron chi connectivity index (χ2n) is 6.10. The van der Waals surface area contributed by atoms with Gasteiger partial charge in [-0.1, -0.05) is 47.7 Å². The minimum absolute atomic E-state index is 0. The third-order valence-electron chi connectivity index (χ3n) is 4.25. The van der Waals surface area contributed by atoms with Gasteiger partial charge in [0, 0.05) is 6.54 Å². The van der Waals surface area contributed by atoms with Gasteiger partial charge in [-0.05, 0) is 49.6 Å². The molecule has 0 aliphatic heterocycles. The summed E-state index contributed by atoms with van der Waals surface area (Å²) in [5.74, 6) is -0.202. The molecule has 0 bridgehead atoms. The standard InChI is InChI=1S/C20H23N5O.ClH/c1-15-19(20(26)22-14-6-5-13-21)23-24-25(15)18-11-9-17(10-12-18)16-7-3-2-4-8-16;/h2-4,7-12H,5-6,13-14,21H2,1H3,(H,22,26);1H. The van der Waals surface area contributed by atoms with Crippen LogP contribution in [0.2, 0.25) is 0 Å². The first-order chi connectivity index (χ1) is 12.7. The SMILES string of the molecule is Cc1c(C(=O)NCCCCN)nnn1-c1ccc(-c2ccccc2)cc1.Cl. The number of hydrogen-bond acceptors (Lipinski definition) is 4. The van der Waals surface area contributed by atoms with E-state index < -0.39 is 0 Å². The number of hydrogen-bond donors (Lipinski definition) is 2. The maximum atomic E-state index is 12.3. The zero-order chi connectivity index (χ0) is 18.4. The lowest BCUT2D eigenvalue weighted by Gasteiger charge is -2.06. The van der Waals surface area contributed by atoms with Crippen LogP contribution in [0.4, 0.5) is 0 Å². The number of carbonyl (C=O) groups is 1.